The average Bonchev–Trinajstić information content (AvgIpc) is 2.61. The number of rotatable bonds is 2. The van der Waals surface area contributed by atoms with Crippen molar-refractivity contribution < 1.29 is 18.3 Å². The van der Waals surface area contributed by atoms with E-state index in [4.69, 9.17) is 4.74 Å². The molecule has 0 fully saturated rings. The second-order valence-corrected chi connectivity index (χ2v) is 6.31. The smallest absolute Gasteiger partial charge is 0.242 e. The van der Waals surface area contributed by atoms with Gasteiger partial charge in [0.2, 0.25) is 10.0 Å². The molecule has 21 heavy (non-hydrogen) atoms. The minimum absolute atomic E-state index is 0.139. The quantitative estimate of drug-likeness (QED) is 0.788. The number of fused-ring (bicyclic) bond motifs is 1. The van der Waals surface area contributed by atoms with Crippen molar-refractivity contribution in [1.82, 2.24) is 4.72 Å². The minimum atomic E-state index is -3.53. The van der Waals surface area contributed by atoms with E-state index in [9.17, 15) is 13.5 Å². The van der Waals surface area contributed by atoms with Crippen LogP contribution >= 0.6 is 0 Å². The average molecular weight is 306 g/mol. The lowest BCUT2D eigenvalue weighted by Gasteiger charge is -2.10. The topological polar surface area (TPSA) is 87.7 Å². The second-order valence-electron chi connectivity index (χ2n) is 4.58. The Morgan fingerprint density at radius 1 is 1.00 bits per heavy atom. The third-order valence-electron chi connectivity index (χ3n) is 3.05. The number of benzene rings is 2. The number of hydrogen-bond donors (Lipinski definition) is 3. The number of phenolic OH excluding ortho intramolecular Hbond substituents is 1. The van der Waals surface area contributed by atoms with E-state index in [2.05, 4.69) is 10.0 Å². The van der Waals surface area contributed by atoms with Gasteiger partial charge in [-0.1, -0.05) is 0 Å². The number of anilines is 1. The summed E-state index contributed by atoms with van der Waals surface area (Å²) in [6.45, 7) is 0.871. The van der Waals surface area contributed by atoms with E-state index in [-0.39, 0.29) is 10.6 Å². The molecule has 0 saturated heterocycles. The summed E-state index contributed by atoms with van der Waals surface area (Å²) in [5.74, 6) is 1.06. The fourth-order valence-electron chi connectivity index (χ4n) is 2.05. The Kier molecular flexibility index (Phi) is 3.44. The van der Waals surface area contributed by atoms with Crippen molar-refractivity contribution in [2.75, 3.05) is 18.4 Å². The first-order valence-electron chi connectivity index (χ1n) is 6.39. The number of hydrogen-bond acceptors (Lipinski definition) is 5. The van der Waals surface area contributed by atoms with Crippen LogP contribution in [0.3, 0.4) is 0 Å². The molecule has 1 heterocycles. The normalized spacial score (nSPS) is 16.4. The van der Waals surface area contributed by atoms with E-state index in [1.54, 1.807) is 24.3 Å². The standard InChI is InChI=1S/C14H14N2O4S/c17-10-1-3-11(4-2-10)20-12-5-6-13-14(9-12)21(18,19)16-8-7-15-13/h1-6,9,15-17H,7-8H2. The van der Waals surface area contributed by atoms with Crippen LogP contribution in [0.15, 0.2) is 47.4 Å². The Labute approximate surface area is 122 Å². The third kappa shape index (κ3) is 2.93. The van der Waals surface area contributed by atoms with Crippen LogP contribution in [0.5, 0.6) is 17.2 Å². The van der Waals surface area contributed by atoms with Crippen molar-refractivity contribution in [3.05, 3.63) is 42.5 Å². The Balaban J connectivity index is 1.95. The van der Waals surface area contributed by atoms with Gasteiger partial charge in [0.25, 0.3) is 0 Å². The first-order chi connectivity index (χ1) is 10.0. The Morgan fingerprint density at radius 3 is 2.48 bits per heavy atom. The van der Waals surface area contributed by atoms with Gasteiger partial charge < -0.3 is 15.2 Å². The highest BCUT2D eigenvalue weighted by atomic mass is 32.2. The molecule has 0 radical (unpaired) electrons. The van der Waals surface area contributed by atoms with Gasteiger partial charge in [-0.25, -0.2) is 13.1 Å². The zero-order valence-electron chi connectivity index (χ0n) is 11.0. The molecule has 0 bridgehead atoms. The summed E-state index contributed by atoms with van der Waals surface area (Å²) in [7, 11) is -3.53. The van der Waals surface area contributed by atoms with Crippen LogP contribution in [0, 0.1) is 0 Å². The van der Waals surface area contributed by atoms with Gasteiger partial charge >= 0.3 is 0 Å². The van der Waals surface area contributed by atoms with Gasteiger partial charge in [-0.15, -0.1) is 0 Å². The summed E-state index contributed by atoms with van der Waals surface area (Å²) >= 11 is 0. The number of nitrogens with one attached hydrogen (secondary N) is 2. The van der Waals surface area contributed by atoms with E-state index in [1.165, 1.54) is 18.2 Å². The molecular formula is C14H14N2O4S. The van der Waals surface area contributed by atoms with Crippen molar-refractivity contribution in [2.45, 2.75) is 4.90 Å². The highest BCUT2D eigenvalue weighted by Gasteiger charge is 2.21. The van der Waals surface area contributed by atoms with Crippen LogP contribution in [0.1, 0.15) is 0 Å². The van der Waals surface area contributed by atoms with E-state index in [0.717, 1.165) is 0 Å². The predicted molar refractivity (Wildman–Crippen MR) is 78.3 cm³/mol. The molecule has 0 saturated carbocycles. The first kappa shape index (κ1) is 13.7. The zero-order valence-corrected chi connectivity index (χ0v) is 11.9. The molecule has 0 atom stereocenters. The Hall–Kier alpha value is -2.25. The van der Waals surface area contributed by atoms with Crippen molar-refractivity contribution in [3.8, 4) is 17.2 Å². The van der Waals surface area contributed by atoms with Gasteiger partial charge in [0.15, 0.2) is 0 Å². The summed E-state index contributed by atoms with van der Waals surface area (Å²) in [5.41, 5.74) is 0.554. The number of sulfonamides is 1. The molecule has 2 aromatic carbocycles. The van der Waals surface area contributed by atoms with Crippen molar-refractivity contribution >= 4 is 15.7 Å². The zero-order chi connectivity index (χ0) is 14.9. The SMILES string of the molecule is O=S1(=O)NCCNc2ccc(Oc3ccc(O)cc3)cc21. The third-order valence-corrected chi connectivity index (χ3v) is 4.55. The van der Waals surface area contributed by atoms with Gasteiger partial charge in [-0.2, -0.15) is 0 Å². The van der Waals surface area contributed by atoms with Crippen LogP contribution in [0.25, 0.3) is 0 Å². The van der Waals surface area contributed by atoms with E-state index < -0.39 is 10.0 Å². The molecule has 2 aromatic rings. The maximum Gasteiger partial charge on any atom is 0.242 e. The van der Waals surface area contributed by atoms with Crippen LogP contribution in [-0.2, 0) is 10.0 Å². The van der Waals surface area contributed by atoms with Crippen LogP contribution < -0.4 is 14.8 Å². The largest absolute Gasteiger partial charge is 0.508 e. The van der Waals surface area contributed by atoms with Crippen LogP contribution in [0.4, 0.5) is 5.69 Å². The maximum atomic E-state index is 12.1. The molecule has 110 valence electrons. The number of ether oxygens (including phenoxy) is 1. The lowest BCUT2D eigenvalue weighted by molar-refractivity contribution is 0.464. The maximum absolute atomic E-state index is 12.1. The van der Waals surface area contributed by atoms with E-state index in [0.29, 0.717) is 30.3 Å². The van der Waals surface area contributed by atoms with Crippen molar-refractivity contribution in [3.63, 3.8) is 0 Å². The van der Waals surface area contributed by atoms with E-state index >= 15 is 0 Å². The number of phenols is 1. The Bertz CT molecular complexity index is 757. The molecule has 0 spiro atoms. The fourth-order valence-corrected chi connectivity index (χ4v) is 3.27. The van der Waals surface area contributed by atoms with Gasteiger partial charge in [-0.3, -0.25) is 0 Å². The van der Waals surface area contributed by atoms with Crippen molar-refractivity contribution in [2.24, 2.45) is 0 Å². The highest BCUT2D eigenvalue weighted by molar-refractivity contribution is 7.89. The van der Waals surface area contributed by atoms with Crippen LogP contribution in [0.2, 0.25) is 0 Å². The van der Waals surface area contributed by atoms with Gasteiger partial charge in [0.1, 0.15) is 22.1 Å². The van der Waals surface area contributed by atoms with Gasteiger partial charge in [-0.05, 0) is 36.4 Å². The lowest BCUT2D eigenvalue weighted by atomic mass is 10.3. The van der Waals surface area contributed by atoms with Gasteiger partial charge in [0.05, 0.1) is 5.69 Å². The summed E-state index contributed by atoms with van der Waals surface area (Å²) in [6.07, 6.45) is 0. The van der Waals surface area contributed by atoms with E-state index in [1.807, 2.05) is 0 Å². The monoisotopic (exact) mass is 306 g/mol. The first-order valence-corrected chi connectivity index (χ1v) is 7.87. The fraction of sp³-hybridized carbons (Fsp3) is 0.143. The highest BCUT2D eigenvalue weighted by Crippen LogP contribution is 2.30. The summed E-state index contributed by atoms with van der Waals surface area (Å²) < 4.78 is 32.3. The molecule has 3 rings (SSSR count). The lowest BCUT2D eigenvalue weighted by Crippen LogP contribution is -2.25. The van der Waals surface area contributed by atoms with Crippen LogP contribution in [-0.4, -0.2) is 26.6 Å². The molecular weight excluding hydrogens is 292 g/mol. The molecule has 0 aliphatic carbocycles. The second kappa shape index (κ2) is 5.27. The molecule has 0 amide bonds. The molecule has 1 aliphatic heterocycles. The summed E-state index contributed by atoms with van der Waals surface area (Å²) in [4.78, 5) is 0.163. The molecule has 3 N–H and O–H groups in total. The minimum Gasteiger partial charge on any atom is -0.508 e. The number of aromatic hydroxyl groups is 1. The molecule has 6 nitrogen and oxygen atoms in total. The molecule has 7 heteroatoms. The predicted octanol–water partition coefficient (Wildman–Crippen LogP) is 1.89. The molecule has 1 aliphatic rings. The summed E-state index contributed by atoms with van der Waals surface area (Å²) in [5, 5.41) is 12.3. The molecule has 0 unspecified atom stereocenters. The Morgan fingerprint density at radius 2 is 1.71 bits per heavy atom. The summed E-state index contributed by atoms with van der Waals surface area (Å²) in [6, 6.07) is 11.0. The van der Waals surface area contributed by atoms with Crippen molar-refractivity contribution in [1.29, 1.82) is 0 Å². The molecule has 0 aromatic heterocycles. The van der Waals surface area contributed by atoms with Gasteiger partial charge in [0, 0.05) is 19.2 Å².